The molecule has 0 aliphatic carbocycles. The molecule has 2 rings (SSSR count). The first-order valence-corrected chi connectivity index (χ1v) is 6.86. The summed E-state index contributed by atoms with van der Waals surface area (Å²) in [5.41, 5.74) is 0. The van der Waals surface area contributed by atoms with Crippen LogP contribution in [0.4, 0.5) is 0 Å². The van der Waals surface area contributed by atoms with Gasteiger partial charge in [0, 0.05) is 19.6 Å². The summed E-state index contributed by atoms with van der Waals surface area (Å²) in [6, 6.07) is -0.137. The quantitative estimate of drug-likeness (QED) is 0.783. The predicted octanol–water partition coefficient (Wildman–Crippen LogP) is 1.01. The molecule has 0 saturated carbocycles. The lowest BCUT2D eigenvalue weighted by Gasteiger charge is -2.37. The molecule has 2 saturated heterocycles. The molecule has 4 heteroatoms. The highest BCUT2D eigenvalue weighted by molar-refractivity contribution is 5.82. The number of morpholine rings is 1. The van der Waals surface area contributed by atoms with E-state index in [1.165, 1.54) is 6.42 Å². The third kappa shape index (κ3) is 2.99. The summed E-state index contributed by atoms with van der Waals surface area (Å²) >= 11 is 0. The number of carbonyl (C=O) groups is 1. The van der Waals surface area contributed by atoms with Gasteiger partial charge in [0.05, 0.1) is 12.7 Å². The molecular weight excluding hydrogens is 216 g/mol. The molecule has 0 aromatic rings. The standard InChI is InChI=1S/C13H24N2O2/c1-3-11-4-7-15(8-5-11)13(16)12-10(2)17-9-6-14-12/h10-12,14H,3-9H2,1-2H3/t10-,12+/m1/s1. The number of likely N-dealkylation sites (tertiary alicyclic amines) is 1. The van der Waals surface area contributed by atoms with E-state index in [0.717, 1.165) is 38.4 Å². The van der Waals surface area contributed by atoms with E-state index in [1.54, 1.807) is 0 Å². The Morgan fingerprint density at radius 1 is 1.41 bits per heavy atom. The van der Waals surface area contributed by atoms with Gasteiger partial charge in [0.2, 0.25) is 5.91 Å². The number of nitrogens with zero attached hydrogens (tertiary/aromatic N) is 1. The number of piperidine rings is 1. The van der Waals surface area contributed by atoms with Gasteiger partial charge in [-0.3, -0.25) is 4.79 Å². The molecule has 0 unspecified atom stereocenters. The van der Waals surface area contributed by atoms with Crippen LogP contribution < -0.4 is 5.32 Å². The summed E-state index contributed by atoms with van der Waals surface area (Å²) in [6.45, 7) is 7.55. The lowest BCUT2D eigenvalue weighted by atomic mass is 9.94. The first-order valence-electron chi connectivity index (χ1n) is 6.86. The second kappa shape index (κ2) is 5.83. The summed E-state index contributed by atoms with van der Waals surface area (Å²) in [5, 5.41) is 3.27. The van der Waals surface area contributed by atoms with Crippen molar-refractivity contribution < 1.29 is 9.53 Å². The summed E-state index contributed by atoms with van der Waals surface area (Å²) in [6.07, 6.45) is 3.55. The van der Waals surface area contributed by atoms with Crippen LogP contribution >= 0.6 is 0 Å². The molecule has 2 aliphatic heterocycles. The van der Waals surface area contributed by atoms with E-state index in [1.807, 2.05) is 11.8 Å². The maximum atomic E-state index is 12.3. The summed E-state index contributed by atoms with van der Waals surface area (Å²) in [4.78, 5) is 14.4. The fourth-order valence-corrected chi connectivity index (χ4v) is 2.77. The molecule has 2 aliphatic rings. The van der Waals surface area contributed by atoms with Gasteiger partial charge in [-0.25, -0.2) is 0 Å². The third-order valence-corrected chi connectivity index (χ3v) is 4.09. The Hall–Kier alpha value is -0.610. The number of carbonyl (C=O) groups excluding carboxylic acids is 1. The highest BCUT2D eigenvalue weighted by atomic mass is 16.5. The first kappa shape index (κ1) is 12.8. The fraction of sp³-hybridized carbons (Fsp3) is 0.923. The van der Waals surface area contributed by atoms with Gasteiger partial charge in [-0.05, 0) is 25.7 Å². The largest absolute Gasteiger partial charge is 0.375 e. The first-order chi connectivity index (χ1) is 8.22. The molecule has 0 aromatic heterocycles. The second-order valence-corrected chi connectivity index (χ2v) is 5.18. The lowest BCUT2D eigenvalue weighted by Crippen LogP contribution is -2.57. The Kier molecular flexibility index (Phi) is 4.40. The maximum Gasteiger partial charge on any atom is 0.242 e. The Morgan fingerprint density at radius 2 is 2.12 bits per heavy atom. The van der Waals surface area contributed by atoms with Crippen molar-refractivity contribution in [3.63, 3.8) is 0 Å². The topological polar surface area (TPSA) is 41.6 Å². The minimum Gasteiger partial charge on any atom is -0.375 e. The van der Waals surface area contributed by atoms with Crippen molar-refractivity contribution in [3.8, 4) is 0 Å². The smallest absolute Gasteiger partial charge is 0.242 e. The number of ether oxygens (including phenoxy) is 1. The van der Waals surface area contributed by atoms with E-state index in [9.17, 15) is 4.79 Å². The number of rotatable bonds is 2. The second-order valence-electron chi connectivity index (χ2n) is 5.18. The van der Waals surface area contributed by atoms with E-state index in [0.29, 0.717) is 6.61 Å². The Bertz CT molecular complexity index is 262. The molecule has 2 fully saturated rings. The Balaban J connectivity index is 1.87. The van der Waals surface area contributed by atoms with E-state index >= 15 is 0 Å². The van der Waals surface area contributed by atoms with E-state index < -0.39 is 0 Å². The van der Waals surface area contributed by atoms with Crippen LogP contribution in [-0.2, 0) is 9.53 Å². The van der Waals surface area contributed by atoms with Crippen molar-refractivity contribution in [2.24, 2.45) is 5.92 Å². The zero-order valence-corrected chi connectivity index (χ0v) is 10.9. The zero-order valence-electron chi connectivity index (χ0n) is 10.9. The minimum absolute atomic E-state index is 0.000138. The van der Waals surface area contributed by atoms with Crippen LogP contribution in [0.5, 0.6) is 0 Å². The van der Waals surface area contributed by atoms with E-state index in [4.69, 9.17) is 4.74 Å². The molecule has 1 N–H and O–H groups in total. The van der Waals surface area contributed by atoms with Crippen molar-refractivity contribution in [3.05, 3.63) is 0 Å². The van der Waals surface area contributed by atoms with E-state index in [2.05, 4.69) is 12.2 Å². The number of nitrogens with one attached hydrogen (secondary N) is 1. The van der Waals surface area contributed by atoms with Crippen molar-refractivity contribution in [2.75, 3.05) is 26.2 Å². The molecule has 0 radical (unpaired) electrons. The number of amides is 1. The summed E-state index contributed by atoms with van der Waals surface area (Å²) in [7, 11) is 0. The maximum absolute atomic E-state index is 12.3. The SMILES string of the molecule is CCC1CCN(C(=O)[C@H]2NCCO[C@@H]2C)CC1. The van der Waals surface area contributed by atoms with Crippen LogP contribution in [0.3, 0.4) is 0 Å². The molecule has 4 nitrogen and oxygen atoms in total. The molecule has 98 valence electrons. The van der Waals surface area contributed by atoms with Crippen LogP contribution in [0.15, 0.2) is 0 Å². The Labute approximate surface area is 104 Å². The van der Waals surface area contributed by atoms with Crippen LogP contribution in [-0.4, -0.2) is 49.2 Å². The predicted molar refractivity (Wildman–Crippen MR) is 66.8 cm³/mol. The summed E-state index contributed by atoms with van der Waals surface area (Å²) in [5.74, 6) is 1.04. The molecule has 2 heterocycles. The van der Waals surface area contributed by atoms with Crippen LogP contribution in [0.25, 0.3) is 0 Å². The highest BCUT2D eigenvalue weighted by Crippen LogP contribution is 2.21. The number of hydrogen-bond donors (Lipinski definition) is 1. The van der Waals surface area contributed by atoms with Crippen molar-refractivity contribution in [2.45, 2.75) is 45.3 Å². The minimum atomic E-state index is -0.137. The third-order valence-electron chi connectivity index (χ3n) is 4.09. The molecule has 0 bridgehead atoms. The highest BCUT2D eigenvalue weighted by Gasteiger charge is 2.33. The van der Waals surface area contributed by atoms with Gasteiger partial charge in [-0.1, -0.05) is 13.3 Å². The lowest BCUT2D eigenvalue weighted by molar-refractivity contribution is -0.140. The van der Waals surface area contributed by atoms with Crippen molar-refractivity contribution in [1.29, 1.82) is 0 Å². The summed E-state index contributed by atoms with van der Waals surface area (Å²) < 4.78 is 5.53. The molecule has 17 heavy (non-hydrogen) atoms. The number of hydrogen-bond acceptors (Lipinski definition) is 3. The van der Waals surface area contributed by atoms with Crippen molar-refractivity contribution in [1.82, 2.24) is 10.2 Å². The molecule has 1 amide bonds. The van der Waals surface area contributed by atoms with Gasteiger partial charge in [-0.15, -0.1) is 0 Å². The van der Waals surface area contributed by atoms with Gasteiger partial charge in [-0.2, -0.15) is 0 Å². The van der Waals surface area contributed by atoms with E-state index in [-0.39, 0.29) is 18.1 Å². The van der Waals surface area contributed by atoms with Gasteiger partial charge >= 0.3 is 0 Å². The molecule has 0 spiro atoms. The van der Waals surface area contributed by atoms with Gasteiger partial charge < -0.3 is 15.0 Å². The average Bonchev–Trinajstić information content (AvgIpc) is 2.39. The molecule has 2 atom stereocenters. The van der Waals surface area contributed by atoms with Crippen LogP contribution in [0, 0.1) is 5.92 Å². The molecule has 0 aromatic carbocycles. The van der Waals surface area contributed by atoms with Crippen LogP contribution in [0.1, 0.15) is 33.1 Å². The van der Waals surface area contributed by atoms with Gasteiger partial charge in [0.1, 0.15) is 6.04 Å². The fourth-order valence-electron chi connectivity index (χ4n) is 2.77. The molecular formula is C13H24N2O2. The van der Waals surface area contributed by atoms with Crippen LogP contribution in [0.2, 0.25) is 0 Å². The van der Waals surface area contributed by atoms with Gasteiger partial charge in [0.15, 0.2) is 0 Å². The zero-order chi connectivity index (χ0) is 12.3. The average molecular weight is 240 g/mol. The van der Waals surface area contributed by atoms with Gasteiger partial charge in [0.25, 0.3) is 0 Å². The monoisotopic (exact) mass is 240 g/mol. The normalized spacial score (nSPS) is 31.5. The van der Waals surface area contributed by atoms with Crippen molar-refractivity contribution >= 4 is 5.91 Å². The Morgan fingerprint density at radius 3 is 2.71 bits per heavy atom.